The maximum Gasteiger partial charge on any atom is 0.231 e. The molecule has 80 valence electrons. The van der Waals surface area contributed by atoms with Crippen molar-refractivity contribution in [2.24, 2.45) is 5.73 Å². The summed E-state index contributed by atoms with van der Waals surface area (Å²) in [6.45, 7) is 2.71. The van der Waals surface area contributed by atoms with E-state index in [9.17, 15) is 0 Å². The van der Waals surface area contributed by atoms with E-state index in [4.69, 9.17) is 26.8 Å². The lowest BCUT2D eigenvalue weighted by Gasteiger charge is -2.06. The Morgan fingerprint density at radius 3 is 2.93 bits per heavy atom. The lowest BCUT2D eigenvalue weighted by Crippen LogP contribution is -1.94. The van der Waals surface area contributed by atoms with Gasteiger partial charge in [-0.05, 0) is 18.6 Å². The fourth-order valence-corrected chi connectivity index (χ4v) is 1.80. The molecular weight excluding hydrogens is 214 g/mol. The highest BCUT2D eigenvalue weighted by Gasteiger charge is 2.21. The zero-order valence-corrected chi connectivity index (χ0v) is 9.17. The van der Waals surface area contributed by atoms with E-state index in [2.05, 4.69) is 0 Å². The zero-order valence-electron chi connectivity index (χ0n) is 8.42. The van der Waals surface area contributed by atoms with E-state index in [0.717, 1.165) is 16.9 Å². The van der Waals surface area contributed by atoms with Crippen LogP contribution in [0.4, 0.5) is 0 Å². The number of fused-ring (bicyclic) bond motifs is 1. The molecule has 1 aliphatic rings. The first-order valence-corrected chi connectivity index (χ1v) is 5.07. The number of nitrogens with two attached hydrogens (primary N) is 1. The van der Waals surface area contributed by atoms with Gasteiger partial charge in [-0.25, -0.2) is 0 Å². The molecule has 0 saturated heterocycles. The summed E-state index contributed by atoms with van der Waals surface area (Å²) in [6.07, 6.45) is 3.81. The van der Waals surface area contributed by atoms with Crippen LogP contribution in [0.3, 0.4) is 0 Å². The van der Waals surface area contributed by atoms with Crippen LogP contribution in [0, 0.1) is 6.92 Å². The normalized spacial score (nSPS) is 13.8. The first-order valence-electron chi connectivity index (χ1n) is 4.69. The van der Waals surface area contributed by atoms with Gasteiger partial charge in [-0.2, -0.15) is 0 Å². The summed E-state index contributed by atoms with van der Waals surface area (Å²) in [7, 11) is 0. The molecule has 0 unspecified atom stereocenters. The van der Waals surface area contributed by atoms with Gasteiger partial charge in [-0.1, -0.05) is 23.8 Å². The summed E-state index contributed by atoms with van der Waals surface area (Å²) in [6, 6.07) is 1.86. The lowest BCUT2D eigenvalue weighted by molar-refractivity contribution is 0.173. The maximum absolute atomic E-state index is 6.06. The molecule has 0 spiro atoms. The number of hydrogen-bond acceptors (Lipinski definition) is 3. The molecule has 1 aliphatic heterocycles. The summed E-state index contributed by atoms with van der Waals surface area (Å²) in [5.74, 6) is 1.37. The van der Waals surface area contributed by atoms with Crippen molar-refractivity contribution in [1.82, 2.24) is 0 Å². The summed E-state index contributed by atoms with van der Waals surface area (Å²) >= 11 is 6.06. The van der Waals surface area contributed by atoms with E-state index in [1.807, 2.05) is 25.1 Å². The summed E-state index contributed by atoms with van der Waals surface area (Å²) in [4.78, 5) is 0. The molecule has 0 bridgehead atoms. The molecule has 1 heterocycles. The predicted molar refractivity (Wildman–Crippen MR) is 60.4 cm³/mol. The molecule has 0 radical (unpaired) electrons. The van der Waals surface area contributed by atoms with Gasteiger partial charge in [0.05, 0.1) is 5.02 Å². The van der Waals surface area contributed by atoms with Crippen molar-refractivity contribution in [1.29, 1.82) is 0 Å². The molecule has 0 amide bonds. The van der Waals surface area contributed by atoms with Crippen LogP contribution in [0.2, 0.25) is 5.02 Å². The number of benzene rings is 1. The quantitative estimate of drug-likeness (QED) is 0.840. The number of rotatable bonds is 2. The van der Waals surface area contributed by atoms with Gasteiger partial charge >= 0.3 is 0 Å². The molecule has 2 rings (SSSR count). The SMILES string of the molecule is Cc1c(/C=C/CN)cc(Cl)c2c1OCO2. The summed E-state index contributed by atoms with van der Waals surface area (Å²) < 4.78 is 10.6. The van der Waals surface area contributed by atoms with E-state index < -0.39 is 0 Å². The third kappa shape index (κ3) is 1.80. The number of halogens is 1. The second-order valence-corrected chi connectivity index (χ2v) is 3.68. The molecule has 0 fully saturated rings. The van der Waals surface area contributed by atoms with E-state index in [0.29, 0.717) is 17.3 Å². The van der Waals surface area contributed by atoms with E-state index >= 15 is 0 Å². The van der Waals surface area contributed by atoms with Gasteiger partial charge < -0.3 is 15.2 Å². The monoisotopic (exact) mass is 225 g/mol. The van der Waals surface area contributed by atoms with Gasteiger partial charge in [0.2, 0.25) is 6.79 Å². The lowest BCUT2D eigenvalue weighted by atomic mass is 10.1. The fourth-order valence-electron chi connectivity index (χ4n) is 1.54. The molecule has 3 nitrogen and oxygen atoms in total. The van der Waals surface area contributed by atoms with Crippen molar-refractivity contribution in [3.8, 4) is 11.5 Å². The van der Waals surface area contributed by atoms with Gasteiger partial charge in [0.25, 0.3) is 0 Å². The summed E-state index contributed by atoms with van der Waals surface area (Å²) in [5.41, 5.74) is 7.44. The first kappa shape index (κ1) is 10.3. The van der Waals surface area contributed by atoms with E-state index in [1.54, 1.807) is 0 Å². The van der Waals surface area contributed by atoms with Gasteiger partial charge in [-0.3, -0.25) is 0 Å². The van der Waals surface area contributed by atoms with Crippen LogP contribution < -0.4 is 15.2 Å². The predicted octanol–water partition coefficient (Wildman–Crippen LogP) is 2.35. The van der Waals surface area contributed by atoms with Gasteiger partial charge in [0.15, 0.2) is 11.5 Å². The first-order chi connectivity index (χ1) is 7.24. The van der Waals surface area contributed by atoms with Crippen molar-refractivity contribution >= 4 is 17.7 Å². The molecule has 1 aromatic rings. The Morgan fingerprint density at radius 2 is 2.20 bits per heavy atom. The van der Waals surface area contributed by atoms with Crippen LogP contribution >= 0.6 is 11.6 Å². The minimum Gasteiger partial charge on any atom is -0.453 e. The number of hydrogen-bond donors (Lipinski definition) is 1. The van der Waals surface area contributed by atoms with Crippen LogP contribution in [0.15, 0.2) is 12.1 Å². The van der Waals surface area contributed by atoms with Crippen molar-refractivity contribution in [3.05, 3.63) is 28.3 Å². The molecular formula is C11H12ClNO2. The van der Waals surface area contributed by atoms with Crippen LogP contribution in [0.5, 0.6) is 11.5 Å². The minimum atomic E-state index is 0.236. The Bertz CT molecular complexity index is 416. The molecule has 0 aliphatic carbocycles. The molecule has 0 atom stereocenters. The highest BCUT2D eigenvalue weighted by Crippen LogP contribution is 2.43. The van der Waals surface area contributed by atoms with Crippen molar-refractivity contribution in [3.63, 3.8) is 0 Å². The molecule has 0 aromatic heterocycles. The van der Waals surface area contributed by atoms with E-state index in [-0.39, 0.29) is 6.79 Å². The highest BCUT2D eigenvalue weighted by molar-refractivity contribution is 6.32. The molecule has 4 heteroatoms. The van der Waals surface area contributed by atoms with Crippen molar-refractivity contribution in [2.75, 3.05) is 13.3 Å². The minimum absolute atomic E-state index is 0.236. The average Bonchev–Trinajstić information content (AvgIpc) is 2.70. The Morgan fingerprint density at radius 1 is 1.47 bits per heavy atom. The Kier molecular flexibility index (Phi) is 2.84. The van der Waals surface area contributed by atoms with Gasteiger partial charge in [0, 0.05) is 12.1 Å². The topological polar surface area (TPSA) is 44.5 Å². The largest absolute Gasteiger partial charge is 0.453 e. The molecule has 0 saturated carbocycles. The van der Waals surface area contributed by atoms with Gasteiger partial charge in [-0.15, -0.1) is 0 Å². The van der Waals surface area contributed by atoms with Crippen molar-refractivity contribution < 1.29 is 9.47 Å². The van der Waals surface area contributed by atoms with E-state index in [1.165, 1.54) is 0 Å². The van der Waals surface area contributed by atoms with Crippen molar-refractivity contribution in [2.45, 2.75) is 6.92 Å². The second-order valence-electron chi connectivity index (χ2n) is 3.28. The standard InChI is InChI=1S/C11H12ClNO2/c1-7-8(3-2-4-13)5-9(12)11-10(7)14-6-15-11/h2-3,5H,4,6,13H2,1H3/b3-2+. The third-order valence-electron chi connectivity index (χ3n) is 2.32. The molecule has 15 heavy (non-hydrogen) atoms. The Labute approximate surface area is 93.4 Å². The molecule has 1 aromatic carbocycles. The average molecular weight is 226 g/mol. The Hall–Kier alpha value is -1.19. The third-order valence-corrected chi connectivity index (χ3v) is 2.60. The van der Waals surface area contributed by atoms with Gasteiger partial charge in [0.1, 0.15) is 0 Å². The Balaban J connectivity index is 2.50. The molecule has 2 N–H and O–H groups in total. The van der Waals surface area contributed by atoms with Crippen LogP contribution in [0.1, 0.15) is 11.1 Å². The smallest absolute Gasteiger partial charge is 0.231 e. The van der Waals surface area contributed by atoms with Crippen LogP contribution in [0.25, 0.3) is 6.08 Å². The zero-order chi connectivity index (χ0) is 10.8. The van der Waals surface area contributed by atoms with Crippen LogP contribution in [-0.2, 0) is 0 Å². The summed E-state index contributed by atoms with van der Waals surface area (Å²) in [5, 5.41) is 0.574. The second kappa shape index (κ2) is 4.13. The maximum atomic E-state index is 6.06. The highest BCUT2D eigenvalue weighted by atomic mass is 35.5. The van der Waals surface area contributed by atoms with Crippen LogP contribution in [-0.4, -0.2) is 13.3 Å². The fraction of sp³-hybridized carbons (Fsp3) is 0.273. The number of ether oxygens (including phenoxy) is 2.